The Morgan fingerprint density at radius 1 is 1.18 bits per heavy atom. The summed E-state index contributed by atoms with van der Waals surface area (Å²) in [6.45, 7) is 9.94. The Bertz CT molecular complexity index is 1440. The number of benzene rings is 1. The highest BCUT2D eigenvalue weighted by Gasteiger charge is 2.32. The molecule has 2 aromatic heterocycles. The smallest absolute Gasteiger partial charge is 0.265 e. The van der Waals surface area contributed by atoms with Gasteiger partial charge in [-0.2, -0.15) is 0 Å². The van der Waals surface area contributed by atoms with E-state index in [0.717, 1.165) is 37.0 Å². The number of primary amides is 1. The number of aryl methyl sites for hydroxylation is 1. The van der Waals surface area contributed by atoms with Crippen LogP contribution in [0.2, 0.25) is 5.15 Å². The summed E-state index contributed by atoms with van der Waals surface area (Å²) in [7, 11) is 3.48. The third-order valence-electron chi connectivity index (χ3n) is 6.97. The molecule has 0 radical (unpaired) electrons. The van der Waals surface area contributed by atoms with Gasteiger partial charge in [0.2, 0.25) is 0 Å². The fraction of sp³-hybridized carbons (Fsp3) is 0.467. The molecule has 10 heteroatoms. The van der Waals surface area contributed by atoms with Crippen LogP contribution in [-0.4, -0.2) is 39.9 Å². The zero-order valence-corrected chi connectivity index (χ0v) is 26.6. The fourth-order valence-electron chi connectivity index (χ4n) is 5.03. The van der Waals surface area contributed by atoms with E-state index < -0.39 is 17.1 Å². The summed E-state index contributed by atoms with van der Waals surface area (Å²) < 4.78 is 1.95. The van der Waals surface area contributed by atoms with Gasteiger partial charge in [-0.25, -0.2) is 4.98 Å². The van der Waals surface area contributed by atoms with Gasteiger partial charge in [0.15, 0.2) is 0 Å². The molecule has 2 N–H and O–H groups in total. The first-order valence-electron chi connectivity index (χ1n) is 13.6. The third kappa shape index (κ3) is 6.86. The molecule has 1 amide bonds. The predicted molar refractivity (Wildman–Crippen MR) is 168 cm³/mol. The largest absolute Gasteiger partial charge is 0.390 e. The number of hydrogen-bond donors (Lipinski definition) is 1. The minimum atomic E-state index is -0.790. The van der Waals surface area contributed by atoms with Crippen LogP contribution in [0.15, 0.2) is 50.8 Å². The van der Waals surface area contributed by atoms with E-state index in [4.69, 9.17) is 22.2 Å². The number of halogens is 2. The van der Waals surface area contributed by atoms with Crippen LogP contribution in [0.1, 0.15) is 76.2 Å². The molecule has 1 aromatic carbocycles. The first kappa shape index (κ1) is 31.6. The molecule has 0 spiro atoms. The zero-order valence-electron chi connectivity index (χ0n) is 24.3. The predicted octanol–water partition coefficient (Wildman–Crippen LogP) is 6.69. The summed E-state index contributed by atoms with van der Waals surface area (Å²) in [6, 6.07) is 11.9. The van der Waals surface area contributed by atoms with Crippen molar-refractivity contribution in [3.05, 3.63) is 67.5 Å². The molecule has 0 bridgehead atoms. The highest BCUT2D eigenvalue weighted by molar-refractivity contribution is 9.10. The van der Waals surface area contributed by atoms with Crippen molar-refractivity contribution >= 4 is 55.9 Å². The number of nitrogens with zero attached hydrogens (tertiary/aromatic N) is 4. The number of rotatable bonds is 6. The van der Waals surface area contributed by atoms with Gasteiger partial charge < -0.3 is 20.0 Å². The van der Waals surface area contributed by atoms with Crippen LogP contribution in [-0.2, 0) is 11.9 Å². The summed E-state index contributed by atoms with van der Waals surface area (Å²) in [5, 5.41) is 4.85. The number of fused-ring (bicyclic) bond motifs is 1. The molecule has 0 saturated heterocycles. The van der Waals surface area contributed by atoms with E-state index in [1.807, 2.05) is 64.8 Å². The summed E-state index contributed by atoms with van der Waals surface area (Å²) in [4.78, 5) is 38.1. The quantitative estimate of drug-likeness (QED) is 0.185. The SMILES string of the molecule is CC.CN(c1c(C(N)=O)c(=O)n(C)c2cc(Br)c(Cl)nc12)C1CCC(/C(=N/OC(C)(C)C)c2ccccc2)CC1. The molecule has 0 aliphatic heterocycles. The van der Waals surface area contributed by atoms with Crippen LogP contribution in [0.4, 0.5) is 5.69 Å². The number of pyridine rings is 2. The van der Waals surface area contributed by atoms with Gasteiger partial charge in [0.1, 0.15) is 21.8 Å². The maximum Gasteiger partial charge on any atom is 0.265 e. The molecule has 2 heterocycles. The van der Waals surface area contributed by atoms with E-state index in [2.05, 4.69) is 38.2 Å². The number of oxime groups is 1. The summed E-state index contributed by atoms with van der Waals surface area (Å²) in [5.74, 6) is -0.578. The number of amides is 1. The van der Waals surface area contributed by atoms with Gasteiger partial charge in [-0.1, -0.05) is 60.9 Å². The summed E-state index contributed by atoms with van der Waals surface area (Å²) in [6.07, 6.45) is 3.37. The zero-order chi connectivity index (χ0) is 29.8. The van der Waals surface area contributed by atoms with Crippen molar-refractivity contribution in [3.63, 3.8) is 0 Å². The number of nitrogens with two attached hydrogens (primary N) is 1. The van der Waals surface area contributed by atoms with Crippen molar-refractivity contribution in [1.82, 2.24) is 9.55 Å². The Kier molecular flexibility index (Phi) is 10.4. The standard InChI is InChI=1S/C28H33BrClN5O3.C2H6/c1-28(2,3)38-33-22(16-9-7-6-8-10-16)17-11-13-18(14-12-17)34(4)24-21(26(31)36)27(37)35(5)20-15-19(29)25(30)32-23(20)24;1-2/h6-10,15,17-18H,11-14H2,1-5H3,(H2,31,36);1-2H3/b33-22+;. The minimum Gasteiger partial charge on any atom is -0.390 e. The number of aromatic nitrogens is 2. The van der Waals surface area contributed by atoms with E-state index in [1.165, 1.54) is 4.57 Å². The number of anilines is 1. The molecule has 1 fully saturated rings. The number of carbonyl (C=O) groups excluding carboxylic acids is 1. The maximum absolute atomic E-state index is 13.2. The van der Waals surface area contributed by atoms with Crippen molar-refractivity contribution in [3.8, 4) is 0 Å². The Hall–Kier alpha value is -2.91. The molecule has 8 nitrogen and oxygen atoms in total. The lowest BCUT2D eigenvalue weighted by molar-refractivity contribution is -0.0000319. The Labute approximate surface area is 249 Å². The van der Waals surface area contributed by atoms with Gasteiger partial charge in [0, 0.05) is 26.1 Å². The lowest BCUT2D eigenvalue weighted by Gasteiger charge is -2.37. The molecule has 1 aliphatic rings. The normalized spacial score (nSPS) is 17.7. The molecule has 3 aromatic rings. The van der Waals surface area contributed by atoms with E-state index in [0.29, 0.717) is 21.2 Å². The third-order valence-corrected chi connectivity index (χ3v) is 8.09. The van der Waals surface area contributed by atoms with E-state index in [1.54, 1.807) is 13.1 Å². The van der Waals surface area contributed by atoms with Gasteiger partial charge in [0.25, 0.3) is 11.5 Å². The minimum absolute atomic E-state index is 0.0597. The Morgan fingerprint density at radius 2 is 1.77 bits per heavy atom. The van der Waals surface area contributed by atoms with Crippen molar-refractivity contribution in [1.29, 1.82) is 0 Å². The summed E-state index contributed by atoms with van der Waals surface area (Å²) >= 11 is 9.73. The van der Waals surface area contributed by atoms with Gasteiger partial charge in [0.05, 0.1) is 21.4 Å². The van der Waals surface area contributed by atoms with Crippen LogP contribution in [0, 0.1) is 5.92 Å². The molecule has 4 rings (SSSR count). The first-order chi connectivity index (χ1) is 18.9. The maximum atomic E-state index is 13.2. The lowest BCUT2D eigenvalue weighted by Crippen LogP contribution is -2.40. The Balaban J connectivity index is 0.00000216. The van der Waals surface area contributed by atoms with E-state index in [-0.39, 0.29) is 22.7 Å². The second kappa shape index (κ2) is 13.2. The molecule has 40 heavy (non-hydrogen) atoms. The van der Waals surface area contributed by atoms with Crippen LogP contribution in [0.3, 0.4) is 0 Å². The summed E-state index contributed by atoms with van der Waals surface area (Å²) in [5.41, 5.74) is 8.21. The molecular weight excluding hydrogens is 594 g/mol. The molecular formula is C30H39BrClN5O3. The van der Waals surface area contributed by atoms with E-state index >= 15 is 0 Å². The molecule has 0 unspecified atom stereocenters. The average Bonchev–Trinajstić information content (AvgIpc) is 2.92. The van der Waals surface area contributed by atoms with Crippen LogP contribution in [0.25, 0.3) is 11.0 Å². The first-order valence-corrected chi connectivity index (χ1v) is 14.8. The van der Waals surface area contributed by atoms with Crippen LogP contribution >= 0.6 is 27.5 Å². The monoisotopic (exact) mass is 631 g/mol. The molecule has 1 saturated carbocycles. The molecule has 1 aliphatic carbocycles. The average molecular weight is 633 g/mol. The van der Waals surface area contributed by atoms with Crippen molar-refractivity contribution < 1.29 is 9.63 Å². The van der Waals surface area contributed by atoms with Gasteiger partial charge >= 0.3 is 0 Å². The van der Waals surface area contributed by atoms with Crippen molar-refractivity contribution in [2.45, 2.75) is 71.9 Å². The Morgan fingerprint density at radius 3 is 2.33 bits per heavy atom. The lowest BCUT2D eigenvalue weighted by atomic mass is 9.80. The van der Waals surface area contributed by atoms with Crippen molar-refractivity contribution in [2.24, 2.45) is 23.9 Å². The number of hydrogen-bond acceptors (Lipinski definition) is 6. The highest BCUT2D eigenvalue weighted by Crippen LogP contribution is 2.37. The van der Waals surface area contributed by atoms with Crippen LogP contribution in [0.5, 0.6) is 0 Å². The molecule has 0 atom stereocenters. The fourth-order valence-corrected chi connectivity index (χ4v) is 5.47. The highest BCUT2D eigenvalue weighted by atomic mass is 79.9. The van der Waals surface area contributed by atoms with Gasteiger partial charge in [-0.3, -0.25) is 9.59 Å². The van der Waals surface area contributed by atoms with Crippen LogP contribution < -0.4 is 16.2 Å². The second-order valence-electron chi connectivity index (χ2n) is 10.7. The van der Waals surface area contributed by atoms with Gasteiger partial charge in [-0.15, -0.1) is 0 Å². The second-order valence-corrected chi connectivity index (χ2v) is 12.0. The number of carbonyl (C=O) groups is 1. The van der Waals surface area contributed by atoms with E-state index in [9.17, 15) is 9.59 Å². The van der Waals surface area contributed by atoms with Gasteiger partial charge in [-0.05, 0) is 74.0 Å². The van der Waals surface area contributed by atoms with Crippen molar-refractivity contribution in [2.75, 3.05) is 11.9 Å². The molecule has 216 valence electrons. The topological polar surface area (TPSA) is 103 Å².